The van der Waals surface area contributed by atoms with Gasteiger partial charge in [0.05, 0.1) is 33.7 Å². The number of halogens is 2. The highest BCUT2D eigenvalue weighted by Gasteiger charge is 2.08. The standard InChI is InChI=1S/C16H11BrClN3O3/c1-24-14-11(17)6-9(7-12(14)18)8-19-21-15(22)10-4-2-3-5-13(10)20-16(21)23/h2-8H,1H3,(H,20,23). The molecule has 8 heteroatoms. The highest BCUT2D eigenvalue weighted by atomic mass is 79.9. The third-order valence-electron chi connectivity index (χ3n) is 3.33. The number of aromatic nitrogens is 2. The molecule has 1 heterocycles. The van der Waals surface area contributed by atoms with E-state index in [1.54, 1.807) is 36.4 Å². The minimum Gasteiger partial charge on any atom is -0.494 e. The van der Waals surface area contributed by atoms with Crippen molar-refractivity contribution in [1.82, 2.24) is 9.66 Å². The first kappa shape index (κ1) is 16.5. The largest absolute Gasteiger partial charge is 0.494 e. The average Bonchev–Trinajstić information content (AvgIpc) is 2.54. The molecule has 6 nitrogen and oxygen atoms in total. The Hall–Kier alpha value is -2.38. The van der Waals surface area contributed by atoms with Gasteiger partial charge in [-0.2, -0.15) is 5.10 Å². The van der Waals surface area contributed by atoms with E-state index in [0.29, 0.717) is 31.7 Å². The molecule has 0 aliphatic rings. The predicted molar refractivity (Wildman–Crippen MR) is 97.5 cm³/mol. The average molecular weight is 409 g/mol. The topological polar surface area (TPSA) is 76.5 Å². The number of fused-ring (bicyclic) bond motifs is 1. The summed E-state index contributed by atoms with van der Waals surface area (Å²) in [5.41, 5.74) is -0.0424. The van der Waals surface area contributed by atoms with Gasteiger partial charge in [0, 0.05) is 0 Å². The summed E-state index contributed by atoms with van der Waals surface area (Å²) in [4.78, 5) is 27.0. The summed E-state index contributed by atoms with van der Waals surface area (Å²) in [6.45, 7) is 0. The van der Waals surface area contributed by atoms with Crippen LogP contribution in [0.5, 0.6) is 5.75 Å². The van der Waals surface area contributed by atoms with Gasteiger partial charge in [-0.1, -0.05) is 23.7 Å². The maximum Gasteiger partial charge on any atom is 0.349 e. The quantitative estimate of drug-likeness (QED) is 0.677. The summed E-state index contributed by atoms with van der Waals surface area (Å²) in [5.74, 6) is 0.495. The van der Waals surface area contributed by atoms with Gasteiger partial charge in [-0.15, -0.1) is 4.68 Å². The molecule has 3 rings (SSSR count). The Morgan fingerprint density at radius 3 is 2.75 bits per heavy atom. The maximum atomic E-state index is 12.4. The van der Waals surface area contributed by atoms with E-state index >= 15 is 0 Å². The van der Waals surface area contributed by atoms with Crippen LogP contribution in [-0.2, 0) is 0 Å². The molecule has 24 heavy (non-hydrogen) atoms. The SMILES string of the molecule is COc1c(Cl)cc(C=Nn2c(=O)[nH]c3ccccc3c2=O)cc1Br. The van der Waals surface area contributed by atoms with E-state index in [1.807, 2.05) is 0 Å². The van der Waals surface area contributed by atoms with E-state index in [-0.39, 0.29) is 0 Å². The minimum atomic E-state index is -0.617. The van der Waals surface area contributed by atoms with Gasteiger partial charge in [0.1, 0.15) is 0 Å². The van der Waals surface area contributed by atoms with Gasteiger partial charge in [0.25, 0.3) is 5.56 Å². The van der Waals surface area contributed by atoms with Crippen LogP contribution in [0.15, 0.2) is 55.6 Å². The number of aromatic amines is 1. The highest BCUT2D eigenvalue weighted by molar-refractivity contribution is 9.10. The molecule has 122 valence electrons. The van der Waals surface area contributed by atoms with Gasteiger partial charge in [0.15, 0.2) is 5.75 Å². The Kier molecular flexibility index (Phi) is 4.55. The molecule has 0 aliphatic heterocycles. The fourth-order valence-electron chi connectivity index (χ4n) is 2.23. The molecule has 0 radical (unpaired) electrons. The molecule has 0 bridgehead atoms. The van der Waals surface area contributed by atoms with Gasteiger partial charge < -0.3 is 9.72 Å². The fraction of sp³-hybridized carbons (Fsp3) is 0.0625. The van der Waals surface area contributed by atoms with Gasteiger partial charge in [-0.3, -0.25) is 4.79 Å². The van der Waals surface area contributed by atoms with Crippen LogP contribution in [0, 0.1) is 0 Å². The van der Waals surface area contributed by atoms with E-state index in [1.165, 1.54) is 13.3 Å². The third-order valence-corrected chi connectivity index (χ3v) is 4.20. The van der Waals surface area contributed by atoms with Crippen molar-refractivity contribution in [2.75, 3.05) is 7.11 Å². The molecule has 0 fully saturated rings. The van der Waals surface area contributed by atoms with Crippen molar-refractivity contribution >= 4 is 44.6 Å². The summed E-state index contributed by atoms with van der Waals surface area (Å²) in [7, 11) is 1.51. The molecule has 3 aromatic rings. The first-order chi connectivity index (χ1) is 11.5. The van der Waals surface area contributed by atoms with E-state index in [9.17, 15) is 9.59 Å². The molecule has 0 amide bonds. The lowest BCUT2D eigenvalue weighted by molar-refractivity contribution is 0.412. The minimum absolute atomic E-state index is 0.378. The van der Waals surface area contributed by atoms with E-state index < -0.39 is 11.2 Å². The molecule has 0 spiro atoms. The van der Waals surface area contributed by atoms with Crippen LogP contribution >= 0.6 is 27.5 Å². The van der Waals surface area contributed by atoms with Gasteiger partial charge >= 0.3 is 5.69 Å². The Balaban J connectivity index is 2.09. The van der Waals surface area contributed by atoms with Crippen molar-refractivity contribution in [1.29, 1.82) is 0 Å². The summed E-state index contributed by atoms with van der Waals surface area (Å²) in [5, 5.41) is 4.74. The van der Waals surface area contributed by atoms with Crippen molar-refractivity contribution in [3.8, 4) is 5.75 Å². The zero-order valence-electron chi connectivity index (χ0n) is 12.4. The number of rotatable bonds is 3. The molecule has 0 atom stereocenters. The van der Waals surface area contributed by atoms with Gasteiger partial charge in [0.2, 0.25) is 0 Å². The number of hydrogen-bond acceptors (Lipinski definition) is 4. The number of methoxy groups -OCH3 is 1. The van der Waals surface area contributed by atoms with Crippen molar-refractivity contribution in [3.63, 3.8) is 0 Å². The normalized spacial score (nSPS) is 11.3. The van der Waals surface area contributed by atoms with Crippen LogP contribution in [0.25, 0.3) is 10.9 Å². The number of para-hydroxylation sites is 1. The van der Waals surface area contributed by atoms with Crippen LogP contribution < -0.4 is 16.0 Å². The molecule has 1 N–H and O–H groups in total. The first-order valence-corrected chi connectivity index (χ1v) is 8.00. The third kappa shape index (κ3) is 3.00. The fourth-order valence-corrected chi connectivity index (χ4v) is 3.29. The van der Waals surface area contributed by atoms with Crippen LogP contribution in [0.1, 0.15) is 5.56 Å². The molecule has 0 unspecified atom stereocenters. The van der Waals surface area contributed by atoms with Crippen LogP contribution in [0.2, 0.25) is 5.02 Å². The second-order valence-electron chi connectivity index (χ2n) is 4.86. The van der Waals surface area contributed by atoms with Crippen molar-refractivity contribution in [3.05, 3.63) is 72.3 Å². The Morgan fingerprint density at radius 2 is 2.04 bits per heavy atom. The Bertz CT molecular complexity index is 1050. The van der Waals surface area contributed by atoms with Crippen molar-refractivity contribution in [2.45, 2.75) is 0 Å². The monoisotopic (exact) mass is 407 g/mol. The predicted octanol–water partition coefficient (Wildman–Crippen LogP) is 3.00. The number of benzene rings is 2. The molecule has 1 aromatic heterocycles. The number of ether oxygens (including phenoxy) is 1. The lowest BCUT2D eigenvalue weighted by Crippen LogP contribution is -2.32. The van der Waals surface area contributed by atoms with Crippen molar-refractivity contribution < 1.29 is 4.74 Å². The van der Waals surface area contributed by atoms with Crippen LogP contribution in [0.3, 0.4) is 0 Å². The molecule has 0 saturated carbocycles. The van der Waals surface area contributed by atoms with E-state index in [2.05, 4.69) is 26.0 Å². The summed E-state index contributed by atoms with van der Waals surface area (Å²) >= 11 is 9.44. The van der Waals surface area contributed by atoms with Gasteiger partial charge in [-0.05, 0) is 45.8 Å². The van der Waals surface area contributed by atoms with Crippen LogP contribution in [-0.4, -0.2) is 23.0 Å². The van der Waals surface area contributed by atoms with Crippen LogP contribution in [0.4, 0.5) is 0 Å². The zero-order chi connectivity index (χ0) is 17.3. The van der Waals surface area contributed by atoms with Crippen molar-refractivity contribution in [2.24, 2.45) is 5.10 Å². The first-order valence-electron chi connectivity index (χ1n) is 6.82. The smallest absolute Gasteiger partial charge is 0.349 e. The van der Waals surface area contributed by atoms with Gasteiger partial charge in [-0.25, -0.2) is 4.79 Å². The number of nitrogens with one attached hydrogen (secondary N) is 1. The molecule has 0 saturated heterocycles. The summed E-state index contributed by atoms with van der Waals surface area (Å²) < 4.78 is 6.56. The Morgan fingerprint density at radius 1 is 1.29 bits per heavy atom. The number of H-pyrrole nitrogens is 1. The molecular formula is C16H11BrClN3O3. The highest BCUT2D eigenvalue weighted by Crippen LogP contribution is 2.33. The number of nitrogens with zero attached hydrogens (tertiary/aromatic N) is 2. The second kappa shape index (κ2) is 6.62. The molecule has 0 aliphatic carbocycles. The van der Waals surface area contributed by atoms with E-state index in [0.717, 1.165) is 4.68 Å². The zero-order valence-corrected chi connectivity index (χ0v) is 14.8. The summed E-state index contributed by atoms with van der Waals surface area (Å²) in [6.07, 6.45) is 1.38. The lowest BCUT2D eigenvalue weighted by Gasteiger charge is -2.06. The molecular weight excluding hydrogens is 398 g/mol. The summed E-state index contributed by atoms with van der Waals surface area (Å²) in [6, 6.07) is 10.1. The number of hydrogen-bond donors (Lipinski definition) is 1. The van der Waals surface area contributed by atoms with E-state index in [4.69, 9.17) is 16.3 Å². The maximum absolute atomic E-state index is 12.4. The Labute approximate surface area is 149 Å². The molecule has 2 aromatic carbocycles. The lowest BCUT2D eigenvalue weighted by atomic mass is 10.2. The second-order valence-corrected chi connectivity index (χ2v) is 6.12.